The first-order valence-corrected chi connectivity index (χ1v) is 6.88. The van der Waals surface area contributed by atoms with E-state index in [4.69, 9.17) is 15.4 Å². The fourth-order valence-corrected chi connectivity index (χ4v) is 2.40. The van der Waals surface area contributed by atoms with Crippen LogP contribution in [0.5, 0.6) is 0 Å². The zero-order chi connectivity index (χ0) is 11.6. The molecule has 0 spiro atoms. The number of hydrogen-bond acceptors (Lipinski definition) is 3. The van der Waals surface area contributed by atoms with Gasteiger partial charge in [0.2, 0.25) is 0 Å². The fourth-order valence-electron chi connectivity index (χ4n) is 1.37. The van der Waals surface area contributed by atoms with Gasteiger partial charge in [-0.05, 0) is 37.9 Å². The second kappa shape index (κ2) is 4.70. The Morgan fingerprint density at radius 2 is 2.13 bits per heavy atom. The normalized spacial score (nSPS) is 24.0. The Morgan fingerprint density at radius 1 is 1.53 bits per heavy atom. The number of ether oxygens (including phenoxy) is 1. The highest BCUT2D eigenvalue weighted by Crippen LogP contribution is 2.19. The van der Waals surface area contributed by atoms with Gasteiger partial charge in [-0.15, -0.1) is 0 Å². The molecule has 88 valence electrons. The number of rotatable bonds is 1. The molecule has 1 saturated heterocycles. The van der Waals surface area contributed by atoms with Gasteiger partial charge in [0, 0.05) is 13.1 Å². The highest BCUT2D eigenvalue weighted by molar-refractivity contribution is 8.08. The van der Waals surface area contributed by atoms with Crippen LogP contribution in [-0.4, -0.2) is 39.1 Å². The lowest BCUT2D eigenvalue weighted by Crippen LogP contribution is -2.36. The molecule has 0 aromatic rings. The molecule has 1 aliphatic heterocycles. The van der Waals surface area contributed by atoms with Gasteiger partial charge in [0.1, 0.15) is 15.6 Å². The van der Waals surface area contributed by atoms with Gasteiger partial charge in [0.15, 0.2) is 0 Å². The Balaban J connectivity index is 2.47. The summed E-state index contributed by atoms with van der Waals surface area (Å²) in [6.45, 7) is 6.44. The van der Waals surface area contributed by atoms with E-state index in [1.807, 2.05) is 20.8 Å². The van der Waals surface area contributed by atoms with E-state index >= 15 is 0 Å². The van der Waals surface area contributed by atoms with Crippen LogP contribution in [0.1, 0.15) is 27.2 Å². The molecule has 0 bridgehead atoms. The van der Waals surface area contributed by atoms with Crippen molar-refractivity contribution in [2.45, 2.75) is 38.0 Å². The van der Waals surface area contributed by atoms with E-state index in [9.17, 15) is 9.00 Å². The first-order chi connectivity index (χ1) is 6.79. The van der Waals surface area contributed by atoms with Crippen molar-refractivity contribution in [2.24, 2.45) is 0 Å². The highest BCUT2D eigenvalue weighted by atomic mass is 35.7. The van der Waals surface area contributed by atoms with E-state index in [2.05, 4.69) is 0 Å². The minimum absolute atomic E-state index is 0.126. The Bertz CT molecular complexity index is 277. The number of nitrogens with zero attached hydrogens (tertiary/aromatic N) is 1. The number of likely N-dealkylation sites (tertiary alicyclic amines) is 1. The standard InChI is InChI=1S/C9H16ClNO3S/c1-9(2,3)14-8(12)11-5-4-7(6-11)15(10)13/h7H,4-6H2,1-3H3. The minimum atomic E-state index is -1.38. The molecule has 1 rings (SSSR count). The van der Waals surface area contributed by atoms with E-state index < -0.39 is 15.6 Å². The van der Waals surface area contributed by atoms with Crippen molar-refractivity contribution in [3.05, 3.63) is 0 Å². The maximum absolute atomic E-state index is 11.6. The molecule has 15 heavy (non-hydrogen) atoms. The molecule has 0 N–H and O–H groups in total. The maximum atomic E-state index is 11.6. The van der Waals surface area contributed by atoms with Crippen LogP contribution in [-0.2, 0) is 14.7 Å². The van der Waals surface area contributed by atoms with E-state index in [1.54, 1.807) is 4.90 Å². The molecule has 1 amide bonds. The van der Waals surface area contributed by atoms with Gasteiger partial charge in [-0.3, -0.25) is 0 Å². The van der Waals surface area contributed by atoms with Crippen LogP contribution in [0.3, 0.4) is 0 Å². The Morgan fingerprint density at radius 3 is 2.53 bits per heavy atom. The van der Waals surface area contributed by atoms with Crippen molar-refractivity contribution in [2.75, 3.05) is 13.1 Å². The summed E-state index contributed by atoms with van der Waals surface area (Å²) in [4.78, 5) is 13.1. The molecule has 0 aliphatic carbocycles. The SMILES string of the molecule is CC(C)(C)OC(=O)N1CCC(S(=O)Cl)C1. The fraction of sp³-hybridized carbons (Fsp3) is 0.889. The molecular weight excluding hydrogens is 238 g/mol. The van der Waals surface area contributed by atoms with Crippen molar-refractivity contribution in [3.63, 3.8) is 0 Å². The lowest BCUT2D eigenvalue weighted by Gasteiger charge is -2.24. The number of carbonyl (C=O) groups excluding carboxylic acids is 1. The lowest BCUT2D eigenvalue weighted by atomic mass is 10.2. The molecule has 2 atom stereocenters. The van der Waals surface area contributed by atoms with Gasteiger partial charge in [0.25, 0.3) is 0 Å². The molecule has 2 unspecified atom stereocenters. The zero-order valence-electron chi connectivity index (χ0n) is 9.16. The maximum Gasteiger partial charge on any atom is 0.410 e. The van der Waals surface area contributed by atoms with Gasteiger partial charge in [0.05, 0.1) is 5.25 Å². The second-order valence-corrected chi connectivity index (χ2v) is 6.66. The Kier molecular flexibility index (Phi) is 4.00. The van der Waals surface area contributed by atoms with Crippen molar-refractivity contribution < 1.29 is 13.7 Å². The monoisotopic (exact) mass is 253 g/mol. The summed E-state index contributed by atoms with van der Waals surface area (Å²) in [7, 11) is 4.10. The van der Waals surface area contributed by atoms with Crippen LogP contribution in [0, 0.1) is 0 Å². The Hall–Kier alpha value is -0.290. The minimum Gasteiger partial charge on any atom is -0.444 e. The lowest BCUT2D eigenvalue weighted by molar-refractivity contribution is 0.0295. The first-order valence-electron chi connectivity index (χ1n) is 4.84. The summed E-state index contributed by atoms with van der Waals surface area (Å²) in [5, 5.41) is -0.126. The van der Waals surface area contributed by atoms with Crippen molar-refractivity contribution >= 4 is 26.8 Å². The molecule has 0 radical (unpaired) electrons. The molecule has 0 aromatic carbocycles. The number of amides is 1. The van der Waals surface area contributed by atoms with E-state index in [0.717, 1.165) is 0 Å². The summed E-state index contributed by atoms with van der Waals surface area (Å²) in [6.07, 6.45) is 0.321. The van der Waals surface area contributed by atoms with Crippen LogP contribution in [0.4, 0.5) is 4.79 Å². The summed E-state index contributed by atoms with van der Waals surface area (Å²) < 4.78 is 16.2. The topological polar surface area (TPSA) is 46.6 Å². The van der Waals surface area contributed by atoms with Gasteiger partial charge >= 0.3 is 6.09 Å². The summed E-state index contributed by atoms with van der Waals surface area (Å²) in [6, 6.07) is 0. The molecule has 1 aliphatic rings. The van der Waals surface area contributed by atoms with Crippen LogP contribution >= 0.6 is 10.7 Å². The predicted molar refractivity (Wildman–Crippen MR) is 60.2 cm³/mol. The van der Waals surface area contributed by atoms with Crippen LogP contribution in [0.25, 0.3) is 0 Å². The molecule has 1 fully saturated rings. The molecule has 0 aromatic heterocycles. The third-order valence-corrected chi connectivity index (χ3v) is 3.72. The molecular formula is C9H16ClNO3S. The first kappa shape index (κ1) is 12.8. The summed E-state index contributed by atoms with van der Waals surface area (Å²) in [5.74, 6) is 0. The molecule has 4 nitrogen and oxygen atoms in total. The summed E-state index contributed by atoms with van der Waals surface area (Å²) >= 11 is 0. The van der Waals surface area contributed by atoms with E-state index in [-0.39, 0.29) is 11.3 Å². The van der Waals surface area contributed by atoms with Gasteiger partial charge < -0.3 is 9.64 Å². The van der Waals surface area contributed by atoms with Crippen molar-refractivity contribution in [1.82, 2.24) is 4.90 Å². The predicted octanol–water partition coefficient (Wildman–Crippen LogP) is 1.90. The third kappa shape index (κ3) is 3.99. The largest absolute Gasteiger partial charge is 0.444 e. The second-order valence-electron chi connectivity index (χ2n) is 4.59. The average molecular weight is 254 g/mol. The average Bonchev–Trinajstić information content (AvgIpc) is 2.47. The van der Waals surface area contributed by atoms with Gasteiger partial charge in [-0.1, -0.05) is 0 Å². The van der Waals surface area contributed by atoms with Crippen LogP contribution in [0.15, 0.2) is 0 Å². The molecule has 1 heterocycles. The molecule has 6 heteroatoms. The summed E-state index contributed by atoms with van der Waals surface area (Å²) in [5.41, 5.74) is -0.491. The van der Waals surface area contributed by atoms with Crippen LogP contribution in [0.2, 0.25) is 0 Å². The number of halogens is 1. The smallest absolute Gasteiger partial charge is 0.410 e. The Labute approximate surface area is 96.9 Å². The van der Waals surface area contributed by atoms with Crippen molar-refractivity contribution in [3.8, 4) is 0 Å². The van der Waals surface area contributed by atoms with E-state index in [0.29, 0.717) is 19.5 Å². The number of carbonyl (C=O) groups is 1. The third-order valence-electron chi connectivity index (χ3n) is 2.06. The van der Waals surface area contributed by atoms with Crippen molar-refractivity contribution in [1.29, 1.82) is 0 Å². The molecule has 0 saturated carbocycles. The number of hydrogen-bond donors (Lipinski definition) is 0. The van der Waals surface area contributed by atoms with E-state index in [1.165, 1.54) is 0 Å². The quantitative estimate of drug-likeness (QED) is 0.671. The highest BCUT2D eigenvalue weighted by Gasteiger charge is 2.32. The van der Waals surface area contributed by atoms with Gasteiger partial charge in [-0.2, -0.15) is 0 Å². The van der Waals surface area contributed by atoms with Crippen LogP contribution < -0.4 is 0 Å². The zero-order valence-corrected chi connectivity index (χ0v) is 10.7. The van der Waals surface area contributed by atoms with Gasteiger partial charge in [-0.25, -0.2) is 9.00 Å².